The number of rotatable bonds is 2. The van der Waals surface area contributed by atoms with Crippen molar-refractivity contribution in [2.45, 2.75) is 6.92 Å². The van der Waals surface area contributed by atoms with Crippen LogP contribution in [0.5, 0.6) is 0 Å². The summed E-state index contributed by atoms with van der Waals surface area (Å²) >= 11 is 3.45. The van der Waals surface area contributed by atoms with Crippen LogP contribution in [-0.2, 0) is 0 Å². The molecule has 0 unspecified atom stereocenters. The van der Waals surface area contributed by atoms with Gasteiger partial charge in [-0.2, -0.15) is 4.39 Å². The van der Waals surface area contributed by atoms with Gasteiger partial charge in [0.2, 0.25) is 5.95 Å². The Morgan fingerprint density at radius 1 is 1.25 bits per heavy atom. The molecule has 0 aliphatic heterocycles. The van der Waals surface area contributed by atoms with Crippen molar-refractivity contribution < 1.29 is 4.39 Å². The summed E-state index contributed by atoms with van der Waals surface area (Å²) in [6, 6.07) is 9.00. The number of benzene rings is 1. The standard InChI is InChI=1S/C12H10BrFN2/c1-8-2-3-11(10(13)6-8)16-9-4-5-15-12(14)7-9/h2-7H,1H3,(H,15,16). The second-order valence-corrected chi connectivity index (χ2v) is 4.33. The van der Waals surface area contributed by atoms with Gasteiger partial charge in [0.15, 0.2) is 0 Å². The summed E-state index contributed by atoms with van der Waals surface area (Å²) in [6.07, 6.45) is 1.43. The van der Waals surface area contributed by atoms with E-state index in [0.29, 0.717) is 5.69 Å². The number of aromatic nitrogens is 1. The van der Waals surface area contributed by atoms with E-state index in [2.05, 4.69) is 26.2 Å². The van der Waals surface area contributed by atoms with Gasteiger partial charge in [-0.1, -0.05) is 6.07 Å². The number of pyridine rings is 1. The van der Waals surface area contributed by atoms with Gasteiger partial charge in [-0.25, -0.2) is 4.98 Å². The van der Waals surface area contributed by atoms with Gasteiger partial charge in [-0.3, -0.25) is 0 Å². The van der Waals surface area contributed by atoms with Gasteiger partial charge in [0.25, 0.3) is 0 Å². The molecule has 82 valence electrons. The van der Waals surface area contributed by atoms with E-state index < -0.39 is 5.95 Å². The third kappa shape index (κ3) is 2.58. The number of nitrogens with one attached hydrogen (secondary N) is 1. The first-order valence-electron chi connectivity index (χ1n) is 4.80. The van der Waals surface area contributed by atoms with Crippen molar-refractivity contribution >= 4 is 27.3 Å². The van der Waals surface area contributed by atoms with Crippen LogP contribution in [0.15, 0.2) is 41.0 Å². The molecule has 2 rings (SSSR count). The molecule has 4 heteroatoms. The molecule has 0 atom stereocenters. The van der Waals surface area contributed by atoms with Gasteiger partial charge in [0.1, 0.15) is 0 Å². The van der Waals surface area contributed by atoms with Crippen LogP contribution in [0, 0.1) is 12.9 Å². The van der Waals surface area contributed by atoms with E-state index in [1.807, 2.05) is 25.1 Å². The third-order valence-electron chi connectivity index (χ3n) is 2.13. The highest BCUT2D eigenvalue weighted by Crippen LogP contribution is 2.26. The second-order valence-electron chi connectivity index (χ2n) is 3.48. The molecule has 1 aromatic carbocycles. The fourth-order valence-electron chi connectivity index (χ4n) is 1.36. The minimum atomic E-state index is -0.492. The van der Waals surface area contributed by atoms with E-state index in [-0.39, 0.29) is 0 Å². The smallest absolute Gasteiger partial charge is 0.214 e. The molecule has 0 aliphatic carbocycles. The van der Waals surface area contributed by atoms with Crippen molar-refractivity contribution in [3.05, 3.63) is 52.5 Å². The molecule has 0 saturated carbocycles. The fraction of sp³-hybridized carbons (Fsp3) is 0.0833. The lowest BCUT2D eigenvalue weighted by Gasteiger charge is -2.08. The average Bonchev–Trinajstić information content (AvgIpc) is 2.22. The number of nitrogens with zero attached hydrogens (tertiary/aromatic N) is 1. The molecule has 2 nitrogen and oxygen atoms in total. The van der Waals surface area contributed by atoms with Crippen molar-refractivity contribution in [2.24, 2.45) is 0 Å². The van der Waals surface area contributed by atoms with Crippen molar-refractivity contribution in [2.75, 3.05) is 5.32 Å². The third-order valence-corrected chi connectivity index (χ3v) is 2.79. The van der Waals surface area contributed by atoms with Crippen LogP contribution < -0.4 is 5.32 Å². The molecule has 1 N–H and O–H groups in total. The Kier molecular flexibility index (Phi) is 3.19. The number of hydrogen-bond donors (Lipinski definition) is 1. The molecule has 0 amide bonds. The highest BCUT2D eigenvalue weighted by molar-refractivity contribution is 9.10. The van der Waals surface area contributed by atoms with Crippen LogP contribution >= 0.6 is 15.9 Å². The van der Waals surface area contributed by atoms with Crippen LogP contribution in [0.3, 0.4) is 0 Å². The number of hydrogen-bond acceptors (Lipinski definition) is 2. The Morgan fingerprint density at radius 2 is 2.06 bits per heavy atom. The summed E-state index contributed by atoms with van der Waals surface area (Å²) in [5, 5.41) is 3.11. The van der Waals surface area contributed by atoms with Crippen LogP contribution in [0.4, 0.5) is 15.8 Å². The molecule has 16 heavy (non-hydrogen) atoms. The average molecular weight is 281 g/mol. The predicted molar refractivity (Wildman–Crippen MR) is 66.4 cm³/mol. The Hall–Kier alpha value is -1.42. The van der Waals surface area contributed by atoms with Crippen LogP contribution in [0.1, 0.15) is 5.56 Å². The zero-order valence-electron chi connectivity index (χ0n) is 8.67. The predicted octanol–water partition coefficient (Wildman–Crippen LogP) is 4.04. The maximum atomic E-state index is 12.9. The maximum absolute atomic E-state index is 12.9. The Bertz CT molecular complexity index is 514. The van der Waals surface area contributed by atoms with E-state index >= 15 is 0 Å². The van der Waals surface area contributed by atoms with Gasteiger partial charge < -0.3 is 5.32 Å². The lowest BCUT2D eigenvalue weighted by atomic mass is 10.2. The minimum absolute atomic E-state index is 0.492. The van der Waals surface area contributed by atoms with Gasteiger partial charge in [-0.15, -0.1) is 0 Å². The van der Waals surface area contributed by atoms with Crippen molar-refractivity contribution in [1.29, 1.82) is 0 Å². The summed E-state index contributed by atoms with van der Waals surface area (Å²) in [5.74, 6) is -0.492. The zero-order chi connectivity index (χ0) is 11.5. The number of halogens is 2. The van der Waals surface area contributed by atoms with Gasteiger partial charge in [-0.05, 0) is 46.6 Å². The Morgan fingerprint density at radius 3 is 2.75 bits per heavy atom. The topological polar surface area (TPSA) is 24.9 Å². The highest BCUT2D eigenvalue weighted by Gasteiger charge is 2.01. The molecule has 1 aromatic heterocycles. The monoisotopic (exact) mass is 280 g/mol. The van der Waals surface area contributed by atoms with Crippen molar-refractivity contribution in [3.63, 3.8) is 0 Å². The zero-order valence-corrected chi connectivity index (χ0v) is 10.3. The van der Waals surface area contributed by atoms with E-state index in [9.17, 15) is 4.39 Å². The molecule has 0 spiro atoms. The number of anilines is 2. The molecule has 0 saturated heterocycles. The lowest BCUT2D eigenvalue weighted by molar-refractivity contribution is 0.584. The molecule has 0 aliphatic rings. The summed E-state index contributed by atoms with van der Waals surface area (Å²) in [4.78, 5) is 3.50. The SMILES string of the molecule is Cc1ccc(Nc2ccnc(F)c2)c(Br)c1. The van der Waals surface area contributed by atoms with E-state index in [0.717, 1.165) is 10.2 Å². The summed E-state index contributed by atoms with van der Waals surface area (Å²) < 4.78 is 13.8. The summed E-state index contributed by atoms with van der Waals surface area (Å²) in [5.41, 5.74) is 2.74. The molecule has 0 bridgehead atoms. The number of aryl methyl sites for hydroxylation is 1. The molecular formula is C12H10BrFN2. The molecule has 1 heterocycles. The van der Waals surface area contributed by atoms with Crippen LogP contribution in [-0.4, -0.2) is 4.98 Å². The maximum Gasteiger partial charge on any atom is 0.214 e. The first kappa shape index (κ1) is 11.1. The van der Waals surface area contributed by atoms with Crippen LogP contribution in [0.2, 0.25) is 0 Å². The summed E-state index contributed by atoms with van der Waals surface area (Å²) in [6.45, 7) is 2.01. The van der Waals surface area contributed by atoms with Gasteiger partial charge >= 0.3 is 0 Å². The van der Waals surface area contributed by atoms with Gasteiger partial charge in [0, 0.05) is 22.4 Å². The molecule has 0 fully saturated rings. The largest absolute Gasteiger partial charge is 0.354 e. The minimum Gasteiger partial charge on any atom is -0.354 e. The highest BCUT2D eigenvalue weighted by atomic mass is 79.9. The van der Waals surface area contributed by atoms with Crippen molar-refractivity contribution in [1.82, 2.24) is 4.98 Å². The fourth-order valence-corrected chi connectivity index (χ4v) is 1.95. The van der Waals surface area contributed by atoms with Gasteiger partial charge in [0.05, 0.1) is 5.69 Å². The van der Waals surface area contributed by atoms with E-state index in [1.54, 1.807) is 6.07 Å². The normalized spacial score (nSPS) is 10.2. The first-order chi connectivity index (χ1) is 7.65. The van der Waals surface area contributed by atoms with E-state index in [1.165, 1.54) is 17.8 Å². The quantitative estimate of drug-likeness (QED) is 0.840. The molecule has 0 radical (unpaired) electrons. The molecular weight excluding hydrogens is 271 g/mol. The van der Waals surface area contributed by atoms with Crippen molar-refractivity contribution in [3.8, 4) is 0 Å². The van der Waals surface area contributed by atoms with Crippen LogP contribution in [0.25, 0.3) is 0 Å². The summed E-state index contributed by atoms with van der Waals surface area (Å²) in [7, 11) is 0. The molecule has 2 aromatic rings. The lowest BCUT2D eigenvalue weighted by Crippen LogP contribution is -1.93. The van der Waals surface area contributed by atoms with E-state index in [4.69, 9.17) is 0 Å². The first-order valence-corrected chi connectivity index (χ1v) is 5.59. The Labute approximate surface area is 102 Å². The second kappa shape index (κ2) is 4.61. The Balaban J connectivity index is 2.27.